The number of Topliss-reactive ketones (excluding diaryl/α,β-unsaturated/α-hetero) is 1. The fourth-order valence-corrected chi connectivity index (χ4v) is 4.17. The van der Waals surface area contributed by atoms with Crippen molar-refractivity contribution < 1.29 is 14.3 Å². The number of nitrogens with one attached hydrogen (secondary N) is 1. The number of nitrogens with zero attached hydrogens (tertiary/aromatic N) is 1. The first-order valence-corrected chi connectivity index (χ1v) is 9.67. The normalized spacial score (nSPS) is 15.6. The summed E-state index contributed by atoms with van der Waals surface area (Å²) in [6, 6.07) is 11.5. The highest BCUT2D eigenvalue weighted by molar-refractivity contribution is 7.15. The molecule has 138 valence electrons. The number of carbonyl (C=O) groups excluding carboxylic acids is 2. The largest absolute Gasteiger partial charge is 0.496 e. The van der Waals surface area contributed by atoms with Crippen molar-refractivity contribution in [1.82, 2.24) is 10.2 Å². The molecule has 1 saturated heterocycles. The lowest BCUT2D eigenvalue weighted by Gasteiger charge is -2.29. The second-order valence-corrected chi connectivity index (χ2v) is 7.51. The zero-order valence-electron chi connectivity index (χ0n) is 15.2. The highest BCUT2D eigenvalue weighted by Gasteiger charge is 2.26. The molecule has 0 aliphatic carbocycles. The van der Waals surface area contributed by atoms with Crippen LogP contribution < -0.4 is 10.1 Å². The molecule has 0 saturated carbocycles. The van der Waals surface area contributed by atoms with Crippen molar-refractivity contribution in [3.05, 3.63) is 51.7 Å². The fraction of sp³-hybridized carbons (Fsp3) is 0.400. The van der Waals surface area contributed by atoms with Crippen LogP contribution in [0.15, 0.2) is 36.4 Å². The lowest BCUT2D eigenvalue weighted by atomic mass is 10.0. The van der Waals surface area contributed by atoms with Gasteiger partial charge in [0.15, 0.2) is 5.78 Å². The van der Waals surface area contributed by atoms with Gasteiger partial charge in [-0.1, -0.05) is 18.2 Å². The highest BCUT2D eigenvalue weighted by Crippen LogP contribution is 2.31. The molecule has 6 heteroatoms. The van der Waals surface area contributed by atoms with Crippen molar-refractivity contribution in [2.45, 2.75) is 25.8 Å². The maximum atomic E-state index is 12.5. The molecule has 0 spiro atoms. The Morgan fingerprint density at radius 2 is 1.85 bits per heavy atom. The van der Waals surface area contributed by atoms with E-state index in [0.29, 0.717) is 16.3 Å². The first-order chi connectivity index (χ1) is 12.6. The molecule has 1 aliphatic rings. The molecule has 2 heterocycles. The van der Waals surface area contributed by atoms with Gasteiger partial charge in [-0.3, -0.25) is 14.5 Å². The van der Waals surface area contributed by atoms with Gasteiger partial charge in [0.2, 0.25) is 0 Å². The van der Waals surface area contributed by atoms with E-state index in [1.165, 1.54) is 31.1 Å². The van der Waals surface area contributed by atoms with Crippen LogP contribution in [0.1, 0.15) is 50.7 Å². The number of ether oxygens (including phenoxy) is 1. The lowest BCUT2D eigenvalue weighted by molar-refractivity contribution is 0.0941. The predicted molar refractivity (Wildman–Crippen MR) is 103 cm³/mol. The summed E-state index contributed by atoms with van der Waals surface area (Å²) in [5, 5.41) is 3.04. The molecule has 1 aromatic heterocycles. The molecule has 1 fully saturated rings. The van der Waals surface area contributed by atoms with Crippen molar-refractivity contribution in [1.29, 1.82) is 0 Å². The van der Waals surface area contributed by atoms with Crippen LogP contribution in [0.25, 0.3) is 0 Å². The van der Waals surface area contributed by atoms with E-state index in [1.807, 2.05) is 18.2 Å². The van der Waals surface area contributed by atoms with Crippen LogP contribution in [0.3, 0.4) is 0 Å². The number of thiophene rings is 1. The minimum absolute atomic E-state index is 0.0157. The number of methoxy groups -OCH3 is 1. The number of hydrogen-bond acceptors (Lipinski definition) is 5. The van der Waals surface area contributed by atoms with E-state index in [1.54, 1.807) is 19.2 Å². The molecule has 1 N–H and O–H groups in total. The topological polar surface area (TPSA) is 58.6 Å². The first-order valence-electron chi connectivity index (χ1n) is 8.86. The summed E-state index contributed by atoms with van der Waals surface area (Å²) in [6.45, 7) is 4.06. The number of amides is 1. The number of benzene rings is 1. The molecule has 3 rings (SSSR count). The monoisotopic (exact) mass is 372 g/mol. The van der Waals surface area contributed by atoms with Crippen molar-refractivity contribution in [3.63, 3.8) is 0 Å². The van der Waals surface area contributed by atoms with Gasteiger partial charge in [0.05, 0.1) is 22.9 Å². The average Bonchev–Trinajstić information content (AvgIpc) is 3.34. The van der Waals surface area contributed by atoms with Crippen molar-refractivity contribution >= 4 is 23.0 Å². The summed E-state index contributed by atoms with van der Waals surface area (Å²) < 4.78 is 5.53. The highest BCUT2D eigenvalue weighted by atomic mass is 32.1. The molecule has 0 radical (unpaired) electrons. The van der Waals surface area contributed by atoms with Gasteiger partial charge in [-0.25, -0.2) is 0 Å². The molecule has 26 heavy (non-hydrogen) atoms. The summed E-state index contributed by atoms with van der Waals surface area (Å²) in [5.74, 6) is 0.688. The average molecular weight is 372 g/mol. The van der Waals surface area contributed by atoms with E-state index in [9.17, 15) is 9.59 Å². The molecule has 0 unspecified atom stereocenters. The van der Waals surface area contributed by atoms with Gasteiger partial charge in [-0.2, -0.15) is 0 Å². The zero-order chi connectivity index (χ0) is 18.5. The van der Waals surface area contributed by atoms with Gasteiger partial charge in [0.1, 0.15) is 5.75 Å². The molecule has 0 bridgehead atoms. The Kier molecular flexibility index (Phi) is 6.06. The minimum atomic E-state index is -0.137. The SMILES string of the molecule is COc1ccccc1[C@@H](CNC(=O)c1ccc(C(C)=O)s1)N1CCCC1. The van der Waals surface area contributed by atoms with Gasteiger partial charge in [0.25, 0.3) is 5.91 Å². The third-order valence-electron chi connectivity index (χ3n) is 4.71. The molecular formula is C20H24N2O3S. The lowest BCUT2D eigenvalue weighted by Crippen LogP contribution is -2.36. The molecule has 1 atom stereocenters. The molecule has 1 aromatic carbocycles. The molecule has 5 nitrogen and oxygen atoms in total. The third kappa shape index (κ3) is 4.14. The Hall–Kier alpha value is -2.18. The smallest absolute Gasteiger partial charge is 0.261 e. The van der Waals surface area contributed by atoms with Crippen LogP contribution in [0.2, 0.25) is 0 Å². The Morgan fingerprint density at radius 3 is 2.50 bits per heavy atom. The number of para-hydroxylation sites is 1. The number of likely N-dealkylation sites (tertiary alicyclic amines) is 1. The van der Waals surface area contributed by atoms with Gasteiger partial charge in [-0.05, 0) is 51.1 Å². The Morgan fingerprint density at radius 1 is 1.15 bits per heavy atom. The maximum Gasteiger partial charge on any atom is 0.261 e. The zero-order valence-corrected chi connectivity index (χ0v) is 16.0. The summed E-state index contributed by atoms with van der Waals surface area (Å²) in [4.78, 5) is 27.5. The van der Waals surface area contributed by atoms with Crippen LogP contribution in [0.5, 0.6) is 5.75 Å². The summed E-state index contributed by atoms with van der Waals surface area (Å²) in [6.07, 6.45) is 2.35. The number of hydrogen-bond donors (Lipinski definition) is 1. The summed E-state index contributed by atoms with van der Waals surface area (Å²) >= 11 is 1.24. The summed E-state index contributed by atoms with van der Waals surface area (Å²) in [7, 11) is 1.67. The van der Waals surface area contributed by atoms with E-state index >= 15 is 0 Å². The molecular weight excluding hydrogens is 348 g/mol. The van der Waals surface area contributed by atoms with Gasteiger partial charge >= 0.3 is 0 Å². The van der Waals surface area contributed by atoms with E-state index in [2.05, 4.69) is 16.3 Å². The number of rotatable bonds is 7. The van der Waals surface area contributed by atoms with Gasteiger partial charge in [0, 0.05) is 12.1 Å². The van der Waals surface area contributed by atoms with Crippen molar-refractivity contribution in [3.8, 4) is 5.75 Å². The van der Waals surface area contributed by atoms with Gasteiger partial charge in [-0.15, -0.1) is 11.3 Å². The van der Waals surface area contributed by atoms with Crippen LogP contribution >= 0.6 is 11.3 Å². The molecule has 1 aliphatic heterocycles. The fourth-order valence-electron chi connectivity index (χ4n) is 3.36. The van der Waals surface area contributed by atoms with Crippen LogP contribution in [-0.2, 0) is 0 Å². The molecule has 1 amide bonds. The van der Waals surface area contributed by atoms with Crippen LogP contribution in [0, 0.1) is 0 Å². The van der Waals surface area contributed by atoms with E-state index < -0.39 is 0 Å². The second kappa shape index (κ2) is 8.47. The Bertz CT molecular complexity index is 781. The number of ketones is 1. The van der Waals surface area contributed by atoms with Gasteiger partial charge < -0.3 is 10.1 Å². The van der Waals surface area contributed by atoms with E-state index in [-0.39, 0.29) is 17.7 Å². The standard InChI is InChI=1S/C20H24N2O3S/c1-14(23)18-9-10-19(26-18)20(24)21-13-16(22-11-5-6-12-22)15-7-3-4-8-17(15)25-2/h3-4,7-10,16H,5-6,11-13H2,1-2H3,(H,21,24)/t16-/m1/s1. The second-order valence-electron chi connectivity index (χ2n) is 6.43. The first kappa shape index (κ1) is 18.6. The van der Waals surface area contributed by atoms with E-state index in [4.69, 9.17) is 4.74 Å². The minimum Gasteiger partial charge on any atom is -0.496 e. The predicted octanol–water partition coefficient (Wildman–Crippen LogP) is 3.53. The van der Waals surface area contributed by atoms with Crippen LogP contribution in [0.4, 0.5) is 0 Å². The number of carbonyl (C=O) groups is 2. The summed E-state index contributed by atoms with van der Waals surface area (Å²) in [5.41, 5.74) is 1.09. The maximum absolute atomic E-state index is 12.5. The van der Waals surface area contributed by atoms with Crippen LogP contribution in [-0.4, -0.2) is 43.3 Å². The quantitative estimate of drug-likeness (QED) is 0.756. The van der Waals surface area contributed by atoms with Crippen molar-refractivity contribution in [2.24, 2.45) is 0 Å². The third-order valence-corrected chi connectivity index (χ3v) is 5.90. The Labute approximate surface area is 158 Å². The Balaban J connectivity index is 1.75. The van der Waals surface area contributed by atoms with E-state index in [0.717, 1.165) is 24.4 Å². The molecule has 2 aromatic rings. The van der Waals surface area contributed by atoms with Crippen molar-refractivity contribution in [2.75, 3.05) is 26.7 Å².